The second kappa shape index (κ2) is 6.48. The molecule has 0 aliphatic rings. The molecule has 116 valence electrons. The Labute approximate surface area is 134 Å². The minimum atomic E-state index is -0.364. The fourth-order valence-corrected chi connectivity index (χ4v) is 2.45. The molecule has 2 aromatic carbocycles. The molecule has 0 unspecified atom stereocenters. The van der Waals surface area contributed by atoms with E-state index < -0.39 is 0 Å². The van der Waals surface area contributed by atoms with Crippen LogP contribution in [0.2, 0.25) is 0 Å². The average molecular weight is 307 g/mol. The SMILES string of the molecule is CCOC(=O)c1cc2ccccc2nc1-c1ccc(OC)cc1. The molecule has 23 heavy (non-hydrogen) atoms. The standard InChI is InChI=1S/C19H17NO3/c1-3-23-19(21)16-12-14-6-4-5-7-17(14)20-18(16)13-8-10-15(22-2)11-9-13/h4-12H,3H2,1-2H3. The monoisotopic (exact) mass is 307 g/mol. The van der Waals surface area contributed by atoms with Gasteiger partial charge in [-0.25, -0.2) is 9.78 Å². The van der Waals surface area contributed by atoms with Gasteiger partial charge in [-0.15, -0.1) is 0 Å². The average Bonchev–Trinajstić information content (AvgIpc) is 2.61. The molecule has 3 aromatic rings. The number of para-hydroxylation sites is 1. The van der Waals surface area contributed by atoms with Gasteiger partial charge in [0.2, 0.25) is 0 Å². The van der Waals surface area contributed by atoms with Crippen LogP contribution in [0.4, 0.5) is 0 Å². The molecule has 0 fully saturated rings. The lowest BCUT2D eigenvalue weighted by atomic mass is 10.0. The van der Waals surface area contributed by atoms with Crippen molar-refractivity contribution in [2.75, 3.05) is 13.7 Å². The van der Waals surface area contributed by atoms with Gasteiger partial charge in [0, 0.05) is 10.9 Å². The van der Waals surface area contributed by atoms with Gasteiger partial charge in [0.15, 0.2) is 0 Å². The van der Waals surface area contributed by atoms with Crippen molar-refractivity contribution in [3.63, 3.8) is 0 Å². The highest BCUT2D eigenvalue weighted by Crippen LogP contribution is 2.27. The van der Waals surface area contributed by atoms with E-state index in [-0.39, 0.29) is 5.97 Å². The van der Waals surface area contributed by atoms with E-state index in [0.717, 1.165) is 22.2 Å². The first-order valence-electron chi connectivity index (χ1n) is 7.44. The molecule has 0 saturated carbocycles. The minimum Gasteiger partial charge on any atom is -0.497 e. The molecule has 3 rings (SSSR count). The van der Waals surface area contributed by atoms with Crippen LogP contribution in [0.3, 0.4) is 0 Å². The topological polar surface area (TPSA) is 48.4 Å². The fourth-order valence-electron chi connectivity index (χ4n) is 2.45. The Morgan fingerprint density at radius 2 is 1.83 bits per heavy atom. The number of benzene rings is 2. The number of hydrogen-bond acceptors (Lipinski definition) is 4. The van der Waals surface area contributed by atoms with E-state index in [1.165, 1.54) is 0 Å². The first kappa shape index (κ1) is 15.0. The number of esters is 1. The fraction of sp³-hybridized carbons (Fsp3) is 0.158. The quantitative estimate of drug-likeness (QED) is 0.681. The Morgan fingerprint density at radius 3 is 2.52 bits per heavy atom. The van der Waals surface area contributed by atoms with Crippen molar-refractivity contribution in [3.05, 3.63) is 60.2 Å². The van der Waals surface area contributed by atoms with Crippen molar-refractivity contribution >= 4 is 16.9 Å². The summed E-state index contributed by atoms with van der Waals surface area (Å²) in [6.45, 7) is 2.12. The number of carbonyl (C=O) groups is 1. The number of nitrogens with zero attached hydrogens (tertiary/aromatic N) is 1. The van der Waals surface area contributed by atoms with Crippen molar-refractivity contribution in [1.29, 1.82) is 0 Å². The van der Waals surface area contributed by atoms with Gasteiger partial charge in [-0.2, -0.15) is 0 Å². The predicted molar refractivity (Wildman–Crippen MR) is 89.7 cm³/mol. The van der Waals surface area contributed by atoms with Gasteiger partial charge >= 0.3 is 5.97 Å². The lowest BCUT2D eigenvalue weighted by Gasteiger charge is -2.11. The summed E-state index contributed by atoms with van der Waals surface area (Å²) in [5.41, 5.74) is 2.77. The number of aromatic nitrogens is 1. The molecular weight excluding hydrogens is 290 g/mol. The Morgan fingerprint density at radius 1 is 1.09 bits per heavy atom. The van der Waals surface area contributed by atoms with Gasteiger partial charge in [0.05, 0.1) is 30.5 Å². The van der Waals surface area contributed by atoms with Crippen LogP contribution >= 0.6 is 0 Å². The number of fused-ring (bicyclic) bond motifs is 1. The van der Waals surface area contributed by atoms with Crippen molar-refractivity contribution in [2.45, 2.75) is 6.92 Å². The number of carbonyl (C=O) groups excluding carboxylic acids is 1. The van der Waals surface area contributed by atoms with Crippen molar-refractivity contribution in [3.8, 4) is 17.0 Å². The largest absolute Gasteiger partial charge is 0.497 e. The predicted octanol–water partition coefficient (Wildman–Crippen LogP) is 4.09. The summed E-state index contributed by atoms with van der Waals surface area (Å²) in [7, 11) is 1.62. The van der Waals surface area contributed by atoms with E-state index in [1.807, 2.05) is 54.6 Å². The summed E-state index contributed by atoms with van der Waals surface area (Å²) in [5.74, 6) is 0.392. The highest BCUT2D eigenvalue weighted by atomic mass is 16.5. The number of rotatable bonds is 4. The third-order valence-corrected chi connectivity index (χ3v) is 3.58. The zero-order valence-corrected chi connectivity index (χ0v) is 13.1. The molecule has 4 heteroatoms. The van der Waals surface area contributed by atoms with Gasteiger partial charge in [-0.1, -0.05) is 18.2 Å². The van der Waals surface area contributed by atoms with E-state index >= 15 is 0 Å². The van der Waals surface area contributed by atoms with Gasteiger partial charge in [-0.05, 0) is 43.3 Å². The highest BCUT2D eigenvalue weighted by Gasteiger charge is 2.17. The third kappa shape index (κ3) is 3.01. The molecule has 0 N–H and O–H groups in total. The first-order chi connectivity index (χ1) is 11.2. The normalized spacial score (nSPS) is 10.5. The third-order valence-electron chi connectivity index (χ3n) is 3.58. The van der Waals surface area contributed by atoms with Crippen molar-refractivity contribution < 1.29 is 14.3 Å². The smallest absolute Gasteiger partial charge is 0.340 e. The molecule has 0 radical (unpaired) electrons. The van der Waals surface area contributed by atoms with Gasteiger partial charge in [0.1, 0.15) is 5.75 Å². The lowest BCUT2D eigenvalue weighted by Crippen LogP contribution is -2.08. The summed E-state index contributed by atoms with van der Waals surface area (Å²) in [4.78, 5) is 17.0. The van der Waals surface area contributed by atoms with E-state index in [9.17, 15) is 4.79 Å². The molecule has 0 bridgehead atoms. The van der Waals surface area contributed by atoms with Crippen LogP contribution in [0.15, 0.2) is 54.6 Å². The second-order valence-corrected chi connectivity index (χ2v) is 5.03. The van der Waals surface area contributed by atoms with Crippen LogP contribution in [-0.2, 0) is 4.74 Å². The number of hydrogen-bond donors (Lipinski definition) is 0. The molecular formula is C19H17NO3. The number of ether oxygens (including phenoxy) is 2. The van der Waals surface area contributed by atoms with Crippen molar-refractivity contribution in [1.82, 2.24) is 4.98 Å². The van der Waals surface area contributed by atoms with E-state index in [0.29, 0.717) is 17.9 Å². The summed E-state index contributed by atoms with van der Waals surface area (Å²) < 4.78 is 10.4. The van der Waals surface area contributed by atoms with E-state index in [4.69, 9.17) is 9.47 Å². The molecule has 0 aliphatic heterocycles. The van der Waals surface area contributed by atoms with Crippen LogP contribution < -0.4 is 4.74 Å². The van der Waals surface area contributed by atoms with E-state index in [1.54, 1.807) is 14.0 Å². The lowest BCUT2D eigenvalue weighted by molar-refractivity contribution is 0.0527. The molecule has 0 saturated heterocycles. The van der Waals surface area contributed by atoms with Crippen LogP contribution in [0.5, 0.6) is 5.75 Å². The van der Waals surface area contributed by atoms with Crippen LogP contribution in [0.1, 0.15) is 17.3 Å². The highest BCUT2D eigenvalue weighted by molar-refractivity contribution is 6.00. The molecule has 4 nitrogen and oxygen atoms in total. The molecule has 1 aromatic heterocycles. The summed E-state index contributed by atoms with van der Waals surface area (Å²) in [5, 5.41) is 0.910. The maximum absolute atomic E-state index is 12.3. The maximum Gasteiger partial charge on any atom is 0.340 e. The molecule has 0 atom stereocenters. The first-order valence-corrected chi connectivity index (χ1v) is 7.44. The van der Waals surface area contributed by atoms with Gasteiger partial charge in [-0.3, -0.25) is 0 Å². The number of pyridine rings is 1. The Balaban J connectivity index is 2.18. The minimum absolute atomic E-state index is 0.327. The summed E-state index contributed by atoms with van der Waals surface area (Å²) >= 11 is 0. The van der Waals surface area contributed by atoms with Gasteiger partial charge < -0.3 is 9.47 Å². The molecule has 1 heterocycles. The van der Waals surface area contributed by atoms with Crippen LogP contribution in [-0.4, -0.2) is 24.7 Å². The van der Waals surface area contributed by atoms with Crippen molar-refractivity contribution in [2.24, 2.45) is 0 Å². The molecule has 0 amide bonds. The summed E-state index contributed by atoms with van der Waals surface area (Å²) in [6.07, 6.45) is 0. The molecule has 0 aliphatic carbocycles. The maximum atomic E-state index is 12.3. The Bertz CT molecular complexity index is 841. The molecule has 0 spiro atoms. The van der Waals surface area contributed by atoms with Gasteiger partial charge in [0.25, 0.3) is 0 Å². The number of methoxy groups -OCH3 is 1. The Hall–Kier alpha value is -2.88. The zero-order valence-electron chi connectivity index (χ0n) is 13.1. The zero-order chi connectivity index (χ0) is 16.2. The second-order valence-electron chi connectivity index (χ2n) is 5.03. The van der Waals surface area contributed by atoms with E-state index in [2.05, 4.69) is 4.98 Å². The Kier molecular flexibility index (Phi) is 4.24. The van der Waals surface area contributed by atoms with Crippen LogP contribution in [0, 0.1) is 0 Å². The van der Waals surface area contributed by atoms with Crippen LogP contribution in [0.25, 0.3) is 22.2 Å². The summed E-state index contributed by atoms with van der Waals surface area (Å²) in [6, 6.07) is 17.0.